The van der Waals surface area contributed by atoms with Crippen molar-refractivity contribution in [3.8, 4) is 11.4 Å². The van der Waals surface area contributed by atoms with E-state index in [0.29, 0.717) is 23.7 Å². The lowest BCUT2D eigenvalue weighted by molar-refractivity contribution is 0.0680. The Morgan fingerprint density at radius 1 is 1.22 bits per heavy atom. The van der Waals surface area contributed by atoms with Crippen LogP contribution in [0.4, 0.5) is 5.69 Å². The standard InChI is InChI=1S/C21H21N3O3/c25-21(20-13-22-15-24(20)17-7-2-1-3-8-17)23-16-6-4-9-18(12-16)27-14-19-10-5-11-26-19/h1-4,6-9,12-13,15,19H,5,10-11,14H2,(H,23,25). The van der Waals surface area contributed by atoms with Crippen LogP contribution >= 0.6 is 0 Å². The predicted molar refractivity (Wildman–Crippen MR) is 102 cm³/mol. The minimum atomic E-state index is -0.229. The monoisotopic (exact) mass is 363 g/mol. The van der Waals surface area contributed by atoms with Gasteiger partial charge in [0.1, 0.15) is 18.1 Å². The van der Waals surface area contributed by atoms with Crippen molar-refractivity contribution in [1.82, 2.24) is 9.55 Å². The van der Waals surface area contributed by atoms with Crippen molar-refractivity contribution in [2.24, 2.45) is 0 Å². The molecule has 138 valence electrons. The molecule has 1 aliphatic heterocycles. The predicted octanol–water partition coefficient (Wildman–Crippen LogP) is 3.68. The highest BCUT2D eigenvalue weighted by molar-refractivity contribution is 6.03. The van der Waals surface area contributed by atoms with Crippen molar-refractivity contribution in [2.45, 2.75) is 18.9 Å². The molecule has 1 fully saturated rings. The lowest BCUT2D eigenvalue weighted by Gasteiger charge is -2.13. The second kappa shape index (κ2) is 8.05. The molecule has 1 aliphatic rings. The number of carbonyl (C=O) groups is 1. The summed E-state index contributed by atoms with van der Waals surface area (Å²) in [4.78, 5) is 16.8. The van der Waals surface area contributed by atoms with Crippen LogP contribution in [0.2, 0.25) is 0 Å². The number of ether oxygens (including phenoxy) is 2. The number of para-hydroxylation sites is 1. The van der Waals surface area contributed by atoms with Gasteiger partial charge in [-0.15, -0.1) is 0 Å². The van der Waals surface area contributed by atoms with Gasteiger partial charge in [-0.3, -0.25) is 9.36 Å². The average Bonchev–Trinajstić information content (AvgIpc) is 3.39. The lowest BCUT2D eigenvalue weighted by Crippen LogP contribution is -2.17. The highest BCUT2D eigenvalue weighted by Gasteiger charge is 2.16. The minimum absolute atomic E-state index is 0.156. The third kappa shape index (κ3) is 4.17. The molecule has 3 aromatic rings. The molecule has 4 rings (SSSR count). The van der Waals surface area contributed by atoms with Gasteiger partial charge in [0.25, 0.3) is 5.91 Å². The summed E-state index contributed by atoms with van der Waals surface area (Å²) >= 11 is 0. The van der Waals surface area contributed by atoms with Gasteiger partial charge in [-0.2, -0.15) is 0 Å². The molecule has 1 atom stereocenters. The zero-order chi connectivity index (χ0) is 18.5. The Hall–Kier alpha value is -3.12. The molecule has 1 N–H and O–H groups in total. The van der Waals surface area contributed by atoms with Crippen LogP contribution in [0.25, 0.3) is 5.69 Å². The van der Waals surface area contributed by atoms with E-state index in [2.05, 4.69) is 10.3 Å². The van der Waals surface area contributed by atoms with Gasteiger partial charge in [0.15, 0.2) is 0 Å². The Morgan fingerprint density at radius 2 is 2.11 bits per heavy atom. The summed E-state index contributed by atoms with van der Waals surface area (Å²) in [6.07, 6.45) is 5.45. The molecule has 0 spiro atoms. The Balaban J connectivity index is 1.44. The number of benzene rings is 2. The number of carbonyl (C=O) groups excluding carboxylic acids is 1. The smallest absolute Gasteiger partial charge is 0.274 e. The lowest BCUT2D eigenvalue weighted by atomic mass is 10.2. The van der Waals surface area contributed by atoms with E-state index in [9.17, 15) is 4.79 Å². The highest BCUT2D eigenvalue weighted by Crippen LogP contribution is 2.21. The number of aromatic nitrogens is 2. The van der Waals surface area contributed by atoms with Gasteiger partial charge in [-0.1, -0.05) is 24.3 Å². The van der Waals surface area contributed by atoms with E-state index in [1.165, 1.54) is 0 Å². The van der Waals surface area contributed by atoms with Crippen molar-refractivity contribution in [3.63, 3.8) is 0 Å². The fourth-order valence-electron chi connectivity index (χ4n) is 3.08. The van der Waals surface area contributed by atoms with Crippen LogP contribution in [-0.2, 0) is 4.74 Å². The zero-order valence-corrected chi connectivity index (χ0v) is 14.9. The highest BCUT2D eigenvalue weighted by atomic mass is 16.5. The van der Waals surface area contributed by atoms with Crippen LogP contribution < -0.4 is 10.1 Å². The maximum Gasteiger partial charge on any atom is 0.274 e. The SMILES string of the molecule is O=C(Nc1cccc(OCC2CCCO2)c1)c1cncn1-c1ccccc1. The van der Waals surface area contributed by atoms with E-state index in [1.54, 1.807) is 17.1 Å². The molecule has 0 saturated carbocycles. The third-order valence-corrected chi connectivity index (χ3v) is 4.46. The van der Waals surface area contributed by atoms with Crippen LogP contribution in [-0.4, -0.2) is 34.8 Å². The number of hydrogen-bond acceptors (Lipinski definition) is 4. The van der Waals surface area contributed by atoms with Gasteiger partial charge in [0.2, 0.25) is 0 Å². The largest absolute Gasteiger partial charge is 0.491 e. The first-order valence-corrected chi connectivity index (χ1v) is 9.03. The maximum atomic E-state index is 12.7. The van der Waals surface area contributed by atoms with E-state index < -0.39 is 0 Å². The topological polar surface area (TPSA) is 65.4 Å². The van der Waals surface area contributed by atoms with Crippen molar-refractivity contribution in [2.75, 3.05) is 18.5 Å². The maximum absolute atomic E-state index is 12.7. The fraction of sp³-hybridized carbons (Fsp3) is 0.238. The van der Waals surface area contributed by atoms with Gasteiger partial charge in [-0.05, 0) is 37.1 Å². The van der Waals surface area contributed by atoms with Crippen LogP contribution in [0, 0.1) is 0 Å². The molecular formula is C21H21N3O3. The number of nitrogens with zero attached hydrogens (tertiary/aromatic N) is 2. The minimum Gasteiger partial charge on any atom is -0.491 e. The van der Waals surface area contributed by atoms with Crippen LogP contribution in [0.5, 0.6) is 5.75 Å². The average molecular weight is 363 g/mol. The molecular weight excluding hydrogens is 342 g/mol. The molecule has 6 nitrogen and oxygen atoms in total. The van der Waals surface area contributed by atoms with Crippen molar-refractivity contribution in [3.05, 3.63) is 72.8 Å². The molecule has 0 radical (unpaired) electrons. The van der Waals surface area contributed by atoms with Gasteiger partial charge < -0.3 is 14.8 Å². The molecule has 6 heteroatoms. The normalized spacial score (nSPS) is 16.2. The molecule has 1 saturated heterocycles. The van der Waals surface area contributed by atoms with Crippen LogP contribution in [0.15, 0.2) is 67.1 Å². The Bertz CT molecular complexity index is 902. The number of nitrogens with one attached hydrogen (secondary N) is 1. The van der Waals surface area contributed by atoms with E-state index >= 15 is 0 Å². The second-order valence-corrected chi connectivity index (χ2v) is 6.41. The first-order chi connectivity index (χ1) is 13.3. The number of amides is 1. The first kappa shape index (κ1) is 17.3. The molecule has 1 unspecified atom stereocenters. The van der Waals surface area contributed by atoms with Crippen molar-refractivity contribution in [1.29, 1.82) is 0 Å². The fourth-order valence-corrected chi connectivity index (χ4v) is 3.08. The summed E-state index contributed by atoms with van der Waals surface area (Å²) in [6.45, 7) is 1.33. The molecule has 27 heavy (non-hydrogen) atoms. The summed E-state index contributed by atoms with van der Waals surface area (Å²) in [7, 11) is 0. The summed E-state index contributed by atoms with van der Waals surface area (Å²) in [5.41, 5.74) is 2.02. The van der Waals surface area contributed by atoms with E-state index in [4.69, 9.17) is 9.47 Å². The Morgan fingerprint density at radius 3 is 2.93 bits per heavy atom. The van der Waals surface area contributed by atoms with Gasteiger partial charge >= 0.3 is 0 Å². The van der Waals surface area contributed by atoms with Crippen molar-refractivity contribution < 1.29 is 14.3 Å². The molecule has 0 bridgehead atoms. The summed E-state index contributed by atoms with van der Waals surface area (Å²) in [5.74, 6) is 0.479. The van der Waals surface area contributed by atoms with Crippen LogP contribution in [0.3, 0.4) is 0 Å². The van der Waals surface area contributed by atoms with Gasteiger partial charge in [0, 0.05) is 24.0 Å². The number of rotatable bonds is 6. The molecule has 1 aromatic heterocycles. The second-order valence-electron chi connectivity index (χ2n) is 6.41. The van der Waals surface area contributed by atoms with E-state index in [0.717, 1.165) is 25.1 Å². The number of imidazole rings is 1. The number of anilines is 1. The van der Waals surface area contributed by atoms with E-state index in [-0.39, 0.29) is 12.0 Å². The van der Waals surface area contributed by atoms with Crippen LogP contribution in [0.1, 0.15) is 23.3 Å². The van der Waals surface area contributed by atoms with E-state index in [1.807, 2.05) is 54.6 Å². The molecule has 0 aliphatic carbocycles. The Kier molecular flexibility index (Phi) is 5.16. The Labute approximate surface area is 157 Å². The zero-order valence-electron chi connectivity index (χ0n) is 14.9. The third-order valence-electron chi connectivity index (χ3n) is 4.46. The quantitative estimate of drug-likeness (QED) is 0.725. The molecule has 2 heterocycles. The van der Waals surface area contributed by atoms with Gasteiger partial charge in [0.05, 0.1) is 18.6 Å². The summed E-state index contributed by atoms with van der Waals surface area (Å²) in [5, 5.41) is 2.91. The van der Waals surface area contributed by atoms with Gasteiger partial charge in [-0.25, -0.2) is 4.98 Å². The molecule has 2 aromatic carbocycles. The number of hydrogen-bond donors (Lipinski definition) is 1. The first-order valence-electron chi connectivity index (χ1n) is 9.03. The summed E-state index contributed by atoms with van der Waals surface area (Å²) in [6, 6.07) is 17.0. The summed E-state index contributed by atoms with van der Waals surface area (Å²) < 4.78 is 13.1. The van der Waals surface area contributed by atoms with Crippen molar-refractivity contribution >= 4 is 11.6 Å². The molecule has 1 amide bonds.